The number of fused-ring (bicyclic) bond motifs is 1. The summed E-state index contributed by atoms with van der Waals surface area (Å²) in [5.41, 5.74) is 5.27. The molecule has 0 fully saturated rings. The van der Waals surface area contributed by atoms with Gasteiger partial charge < -0.3 is 15.6 Å². The maximum Gasteiger partial charge on any atom is 0.317 e. The van der Waals surface area contributed by atoms with Crippen molar-refractivity contribution < 1.29 is 19.4 Å². The zero-order valence-corrected chi connectivity index (χ0v) is 10.5. The molecule has 0 atom stereocenters. The predicted octanol–water partition coefficient (Wildman–Crippen LogP) is 1.69. The number of aliphatic carboxylic acids is 1. The molecule has 19 heavy (non-hydrogen) atoms. The van der Waals surface area contributed by atoms with Crippen LogP contribution in [0.4, 0.5) is 0 Å². The fourth-order valence-electron chi connectivity index (χ4n) is 1.58. The maximum absolute atomic E-state index is 10.8. The number of carbonyl (C=O) groups is 2. The minimum absolute atomic E-state index is 0.278. The Labute approximate surface area is 110 Å². The monoisotopic (exact) mass is 261 g/mol. The van der Waals surface area contributed by atoms with Crippen LogP contribution in [-0.4, -0.2) is 31.0 Å². The first-order chi connectivity index (χ1) is 9.13. The molecule has 3 N–H and O–H groups in total. The average Bonchev–Trinajstić information content (AvgIpc) is 2.46. The zero-order chi connectivity index (χ0) is 14.3. The number of ether oxygens (including phenoxy) is 1. The molecule has 0 amide bonds. The number of carbonyl (C=O) groups excluding carboxylic acids is 1. The van der Waals surface area contributed by atoms with Gasteiger partial charge >= 0.3 is 5.97 Å². The van der Waals surface area contributed by atoms with E-state index >= 15 is 0 Å². The minimum Gasteiger partial charge on any atom is -0.496 e. The van der Waals surface area contributed by atoms with Crippen LogP contribution in [0.25, 0.3) is 10.8 Å². The standard InChI is InChI=1S/C12H10O2.C2H5NO2/c1-14-12-7-6-9(8-13)10-4-2-3-5-11(10)12;3-1-2(4)5/h2-8H,1H3;1,3H2,(H,4,5). The summed E-state index contributed by atoms with van der Waals surface area (Å²) in [4.78, 5) is 20.0. The fourth-order valence-corrected chi connectivity index (χ4v) is 1.58. The van der Waals surface area contributed by atoms with E-state index in [-0.39, 0.29) is 6.54 Å². The number of benzene rings is 2. The van der Waals surface area contributed by atoms with Crippen molar-refractivity contribution in [3.05, 3.63) is 42.0 Å². The molecule has 0 spiro atoms. The normalized spacial score (nSPS) is 9.37. The molecule has 0 aromatic heterocycles. The molecule has 0 saturated heterocycles. The van der Waals surface area contributed by atoms with Crippen LogP contribution in [-0.2, 0) is 4.79 Å². The number of rotatable bonds is 3. The lowest BCUT2D eigenvalue weighted by Gasteiger charge is -2.06. The van der Waals surface area contributed by atoms with Gasteiger partial charge in [-0.05, 0) is 17.5 Å². The van der Waals surface area contributed by atoms with E-state index in [1.54, 1.807) is 13.2 Å². The van der Waals surface area contributed by atoms with E-state index in [4.69, 9.17) is 9.84 Å². The highest BCUT2D eigenvalue weighted by molar-refractivity contribution is 6.00. The summed E-state index contributed by atoms with van der Waals surface area (Å²) in [5.74, 6) is -0.170. The topological polar surface area (TPSA) is 89.6 Å². The largest absolute Gasteiger partial charge is 0.496 e. The molecule has 2 aromatic rings. The van der Waals surface area contributed by atoms with E-state index in [9.17, 15) is 9.59 Å². The van der Waals surface area contributed by atoms with Gasteiger partial charge in [-0.3, -0.25) is 9.59 Å². The van der Waals surface area contributed by atoms with Gasteiger partial charge in [0.15, 0.2) is 6.29 Å². The highest BCUT2D eigenvalue weighted by Gasteiger charge is 2.03. The van der Waals surface area contributed by atoms with Gasteiger partial charge in [0, 0.05) is 10.9 Å². The van der Waals surface area contributed by atoms with Crippen LogP contribution in [0.2, 0.25) is 0 Å². The van der Waals surface area contributed by atoms with E-state index in [1.165, 1.54) is 0 Å². The summed E-state index contributed by atoms with van der Waals surface area (Å²) < 4.78 is 5.21. The third-order valence-corrected chi connectivity index (χ3v) is 2.44. The van der Waals surface area contributed by atoms with Crippen LogP contribution in [0.15, 0.2) is 36.4 Å². The number of methoxy groups -OCH3 is 1. The third-order valence-electron chi connectivity index (χ3n) is 2.44. The van der Waals surface area contributed by atoms with Crippen molar-refractivity contribution in [3.8, 4) is 5.75 Å². The average molecular weight is 261 g/mol. The summed E-state index contributed by atoms with van der Waals surface area (Å²) in [6.45, 7) is -0.278. The lowest BCUT2D eigenvalue weighted by Crippen LogP contribution is -2.10. The fraction of sp³-hybridized carbons (Fsp3) is 0.143. The third kappa shape index (κ3) is 3.79. The predicted molar refractivity (Wildman–Crippen MR) is 72.6 cm³/mol. The second-order valence-electron chi connectivity index (χ2n) is 3.62. The number of aldehydes is 1. The smallest absolute Gasteiger partial charge is 0.317 e. The van der Waals surface area contributed by atoms with E-state index in [0.717, 1.165) is 22.8 Å². The molecule has 2 aromatic carbocycles. The van der Waals surface area contributed by atoms with Crippen LogP contribution < -0.4 is 10.5 Å². The molecule has 0 aliphatic carbocycles. The van der Waals surface area contributed by atoms with Crippen molar-refractivity contribution in [3.63, 3.8) is 0 Å². The van der Waals surface area contributed by atoms with E-state index in [0.29, 0.717) is 5.56 Å². The van der Waals surface area contributed by atoms with Crippen molar-refractivity contribution in [2.45, 2.75) is 0 Å². The first-order valence-electron chi connectivity index (χ1n) is 5.56. The van der Waals surface area contributed by atoms with E-state index in [2.05, 4.69) is 5.73 Å². The number of hydrogen-bond donors (Lipinski definition) is 2. The molecule has 0 radical (unpaired) electrons. The van der Waals surface area contributed by atoms with Gasteiger partial charge in [0.05, 0.1) is 13.7 Å². The summed E-state index contributed by atoms with van der Waals surface area (Å²) in [5, 5.41) is 9.50. The van der Waals surface area contributed by atoms with Crippen LogP contribution >= 0.6 is 0 Å². The van der Waals surface area contributed by atoms with Crippen LogP contribution in [0, 0.1) is 0 Å². The molecule has 100 valence electrons. The van der Waals surface area contributed by atoms with Gasteiger partial charge in [0.2, 0.25) is 0 Å². The molecule has 0 bridgehead atoms. The molecule has 0 aliphatic rings. The van der Waals surface area contributed by atoms with Crippen molar-refractivity contribution >= 4 is 23.0 Å². The molecule has 0 heterocycles. The maximum atomic E-state index is 10.8. The van der Waals surface area contributed by atoms with Gasteiger partial charge in [-0.2, -0.15) is 0 Å². The number of carboxylic acid groups (broad SMARTS) is 1. The van der Waals surface area contributed by atoms with E-state index < -0.39 is 5.97 Å². The summed E-state index contributed by atoms with van der Waals surface area (Å²) in [6.07, 6.45) is 0.863. The van der Waals surface area contributed by atoms with Gasteiger partial charge in [-0.15, -0.1) is 0 Å². The van der Waals surface area contributed by atoms with Gasteiger partial charge in [-0.1, -0.05) is 24.3 Å². The lowest BCUT2D eigenvalue weighted by molar-refractivity contribution is -0.135. The quantitative estimate of drug-likeness (QED) is 0.820. The Kier molecular flexibility index (Phi) is 5.50. The lowest BCUT2D eigenvalue weighted by atomic mass is 10.0. The highest BCUT2D eigenvalue weighted by Crippen LogP contribution is 2.27. The number of nitrogens with two attached hydrogens (primary N) is 1. The molecule has 0 unspecified atom stereocenters. The minimum atomic E-state index is -0.968. The molecular weight excluding hydrogens is 246 g/mol. The van der Waals surface area contributed by atoms with Gasteiger partial charge in [0.25, 0.3) is 0 Å². The van der Waals surface area contributed by atoms with Crippen molar-refractivity contribution in [2.75, 3.05) is 13.7 Å². The first-order valence-corrected chi connectivity index (χ1v) is 5.56. The Hall–Kier alpha value is -2.40. The SMILES string of the molecule is COc1ccc(C=O)c2ccccc12.NCC(=O)O. The van der Waals surface area contributed by atoms with Crippen molar-refractivity contribution in [2.24, 2.45) is 5.73 Å². The van der Waals surface area contributed by atoms with Crippen LogP contribution in [0.3, 0.4) is 0 Å². The Bertz CT molecular complexity index is 581. The molecular formula is C14H15NO4. The second kappa shape index (κ2) is 7.13. The molecule has 2 rings (SSSR count). The molecule has 5 nitrogen and oxygen atoms in total. The van der Waals surface area contributed by atoms with Gasteiger partial charge in [0.1, 0.15) is 5.75 Å². The van der Waals surface area contributed by atoms with Crippen LogP contribution in [0.1, 0.15) is 10.4 Å². The van der Waals surface area contributed by atoms with Crippen LogP contribution in [0.5, 0.6) is 5.75 Å². The first kappa shape index (κ1) is 14.7. The Morgan fingerprint density at radius 2 is 1.84 bits per heavy atom. The Morgan fingerprint density at radius 1 is 1.26 bits per heavy atom. The second-order valence-corrected chi connectivity index (χ2v) is 3.62. The molecule has 5 heteroatoms. The summed E-state index contributed by atoms with van der Waals surface area (Å²) in [7, 11) is 1.63. The zero-order valence-electron chi connectivity index (χ0n) is 10.5. The number of hydrogen-bond acceptors (Lipinski definition) is 4. The Morgan fingerprint density at radius 3 is 2.32 bits per heavy atom. The van der Waals surface area contributed by atoms with Crippen molar-refractivity contribution in [1.29, 1.82) is 0 Å². The highest BCUT2D eigenvalue weighted by atomic mass is 16.5. The van der Waals surface area contributed by atoms with E-state index in [1.807, 2.05) is 30.3 Å². The molecule has 0 saturated carbocycles. The summed E-state index contributed by atoms with van der Waals surface area (Å²) >= 11 is 0. The van der Waals surface area contributed by atoms with Crippen molar-refractivity contribution in [1.82, 2.24) is 0 Å². The number of carboxylic acids is 1. The molecule has 0 aliphatic heterocycles. The summed E-state index contributed by atoms with van der Waals surface area (Å²) in [6, 6.07) is 11.3. The van der Waals surface area contributed by atoms with Gasteiger partial charge in [-0.25, -0.2) is 0 Å². The Balaban J connectivity index is 0.000000312.